The average molecular weight is 401 g/mol. The number of nitrogens with zero attached hydrogens (tertiary/aromatic N) is 1. The summed E-state index contributed by atoms with van der Waals surface area (Å²) in [5.41, 5.74) is 2.04. The van der Waals surface area contributed by atoms with Gasteiger partial charge in [0.1, 0.15) is 5.75 Å². The van der Waals surface area contributed by atoms with Crippen molar-refractivity contribution in [2.45, 2.75) is 51.1 Å². The highest BCUT2D eigenvalue weighted by Crippen LogP contribution is 2.60. The van der Waals surface area contributed by atoms with Crippen LogP contribution in [-0.2, 0) is 16.0 Å². The molecule has 1 aliphatic heterocycles. The predicted octanol–water partition coefficient (Wildman–Crippen LogP) is 3.89. The summed E-state index contributed by atoms with van der Waals surface area (Å²) in [5, 5.41) is 0. The molecule has 5 rings (SSSR count). The Bertz CT molecular complexity index is 836. The first-order chi connectivity index (χ1) is 14.0. The molecule has 1 saturated heterocycles. The largest absolute Gasteiger partial charge is 0.415 e. The Hall–Kier alpha value is -1.95. The zero-order valence-corrected chi connectivity index (χ0v) is 16.9. The third kappa shape index (κ3) is 3.07. The second-order valence-corrected chi connectivity index (χ2v) is 9.27. The van der Waals surface area contributed by atoms with Gasteiger partial charge in [-0.1, -0.05) is 13.0 Å². The van der Waals surface area contributed by atoms with Crippen molar-refractivity contribution < 1.29 is 23.5 Å². The normalized spacial score (nSPS) is 36.2. The van der Waals surface area contributed by atoms with Crippen molar-refractivity contribution in [3.63, 3.8) is 0 Å². The fourth-order valence-electron chi connectivity index (χ4n) is 6.28. The maximum atomic E-state index is 14.2. The molecular weight excluding hydrogens is 373 g/mol. The molecule has 3 fully saturated rings. The summed E-state index contributed by atoms with van der Waals surface area (Å²) in [6.45, 7) is 4.19. The van der Waals surface area contributed by atoms with Crippen LogP contribution in [0.25, 0.3) is 0 Å². The van der Waals surface area contributed by atoms with Gasteiger partial charge in [0.25, 0.3) is 0 Å². The van der Waals surface area contributed by atoms with Crippen LogP contribution >= 0.6 is 0 Å². The van der Waals surface area contributed by atoms with Crippen LogP contribution in [0.15, 0.2) is 18.2 Å². The molecule has 156 valence electrons. The van der Waals surface area contributed by atoms with Gasteiger partial charge in [0.2, 0.25) is 0 Å². The molecule has 5 nitrogen and oxygen atoms in total. The van der Waals surface area contributed by atoms with E-state index in [4.69, 9.17) is 9.47 Å². The molecule has 1 amide bonds. The van der Waals surface area contributed by atoms with Gasteiger partial charge in [-0.3, -0.25) is 4.79 Å². The molecular formula is C23H28FNO4. The highest BCUT2D eigenvalue weighted by molar-refractivity contribution is 5.91. The molecule has 0 aromatic heterocycles. The maximum Gasteiger partial charge on any atom is 0.415 e. The first-order valence-electron chi connectivity index (χ1n) is 10.8. The Balaban J connectivity index is 1.34. The van der Waals surface area contributed by atoms with E-state index in [1.807, 2.05) is 19.1 Å². The molecule has 1 aromatic carbocycles. The number of alkyl halides is 1. The van der Waals surface area contributed by atoms with Gasteiger partial charge < -0.3 is 14.4 Å². The number of ketones is 1. The second-order valence-electron chi connectivity index (χ2n) is 9.27. The summed E-state index contributed by atoms with van der Waals surface area (Å²) in [7, 11) is 0. The number of carbonyl (C=O) groups excluding carboxylic acids is 2. The Morgan fingerprint density at radius 3 is 2.86 bits per heavy atom. The lowest BCUT2D eigenvalue weighted by atomic mass is 9.55. The van der Waals surface area contributed by atoms with Gasteiger partial charge in [0.05, 0.1) is 13.2 Å². The van der Waals surface area contributed by atoms with E-state index in [-0.39, 0.29) is 17.8 Å². The second kappa shape index (κ2) is 7.08. The quantitative estimate of drug-likeness (QED) is 0.716. The summed E-state index contributed by atoms with van der Waals surface area (Å²) in [4.78, 5) is 26.5. The number of morpholine rings is 1. The van der Waals surface area contributed by atoms with Crippen molar-refractivity contribution in [2.75, 3.05) is 26.3 Å². The van der Waals surface area contributed by atoms with Gasteiger partial charge in [0, 0.05) is 18.5 Å². The van der Waals surface area contributed by atoms with E-state index in [1.165, 1.54) is 11.1 Å². The highest BCUT2D eigenvalue weighted by Gasteiger charge is 2.58. The zero-order chi connectivity index (χ0) is 20.2. The molecule has 0 N–H and O–H groups in total. The number of rotatable bonds is 1. The summed E-state index contributed by atoms with van der Waals surface area (Å²) >= 11 is 0. The Morgan fingerprint density at radius 2 is 2.07 bits per heavy atom. The lowest BCUT2D eigenvalue weighted by molar-refractivity contribution is -0.132. The van der Waals surface area contributed by atoms with Crippen LogP contribution < -0.4 is 4.74 Å². The van der Waals surface area contributed by atoms with Crippen LogP contribution in [0.2, 0.25) is 0 Å². The molecule has 5 atom stereocenters. The SMILES string of the molecule is CC12CCC3c4ccc(OC(=O)N5CCOCC5)cc4CCC3C1CC(F)C2=O. The van der Waals surface area contributed by atoms with Crippen molar-refractivity contribution >= 4 is 11.9 Å². The number of aryl methyl sites for hydroxylation is 1. The number of benzene rings is 1. The third-order valence-corrected chi connectivity index (χ3v) is 7.87. The van der Waals surface area contributed by atoms with E-state index in [0.29, 0.717) is 50.3 Å². The van der Waals surface area contributed by atoms with Crippen molar-refractivity contribution in [1.82, 2.24) is 4.90 Å². The first kappa shape index (κ1) is 19.0. The fourth-order valence-corrected chi connectivity index (χ4v) is 6.28. The third-order valence-electron chi connectivity index (χ3n) is 7.87. The Labute approximate surface area is 170 Å². The van der Waals surface area contributed by atoms with Crippen molar-refractivity contribution in [3.05, 3.63) is 29.3 Å². The van der Waals surface area contributed by atoms with Gasteiger partial charge in [-0.25, -0.2) is 9.18 Å². The number of hydrogen-bond acceptors (Lipinski definition) is 4. The van der Waals surface area contributed by atoms with Crippen LogP contribution in [0.3, 0.4) is 0 Å². The Morgan fingerprint density at radius 1 is 1.28 bits per heavy atom. The molecule has 29 heavy (non-hydrogen) atoms. The number of fused-ring (bicyclic) bond motifs is 5. The van der Waals surface area contributed by atoms with Crippen LogP contribution in [0, 0.1) is 17.3 Å². The number of amides is 1. The lowest BCUT2D eigenvalue weighted by Gasteiger charge is -2.48. The van der Waals surface area contributed by atoms with Crippen molar-refractivity contribution in [1.29, 1.82) is 0 Å². The molecule has 1 aromatic rings. The molecule has 0 spiro atoms. The van der Waals surface area contributed by atoms with Crippen molar-refractivity contribution in [2.24, 2.45) is 17.3 Å². The molecule has 6 heteroatoms. The van der Waals surface area contributed by atoms with Gasteiger partial charge in [-0.2, -0.15) is 0 Å². The number of halogens is 1. The van der Waals surface area contributed by atoms with E-state index >= 15 is 0 Å². The fraction of sp³-hybridized carbons (Fsp3) is 0.652. The van der Waals surface area contributed by atoms with Crippen LogP contribution in [-0.4, -0.2) is 49.3 Å². The van der Waals surface area contributed by atoms with E-state index < -0.39 is 11.6 Å². The predicted molar refractivity (Wildman–Crippen MR) is 105 cm³/mol. The summed E-state index contributed by atoms with van der Waals surface area (Å²) in [6, 6.07) is 5.96. The zero-order valence-electron chi connectivity index (χ0n) is 16.9. The van der Waals surface area contributed by atoms with Gasteiger partial charge in [-0.15, -0.1) is 0 Å². The highest BCUT2D eigenvalue weighted by atomic mass is 19.1. The molecule has 0 bridgehead atoms. The summed E-state index contributed by atoms with van der Waals surface area (Å²) in [6.07, 6.45) is 2.33. The number of carbonyl (C=O) groups is 2. The molecule has 4 aliphatic rings. The van der Waals surface area contributed by atoms with E-state index in [1.54, 1.807) is 4.90 Å². The van der Waals surface area contributed by atoms with Crippen LogP contribution in [0.1, 0.15) is 49.7 Å². The van der Waals surface area contributed by atoms with Gasteiger partial charge >= 0.3 is 6.09 Å². The van der Waals surface area contributed by atoms with Crippen molar-refractivity contribution in [3.8, 4) is 5.75 Å². The minimum absolute atomic E-state index is 0.149. The monoisotopic (exact) mass is 401 g/mol. The van der Waals surface area contributed by atoms with Gasteiger partial charge in [0.15, 0.2) is 12.0 Å². The van der Waals surface area contributed by atoms with E-state index in [9.17, 15) is 14.0 Å². The van der Waals surface area contributed by atoms with Crippen LogP contribution in [0.4, 0.5) is 9.18 Å². The minimum Gasteiger partial charge on any atom is -0.410 e. The topological polar surface area (TPSA) is 55.8 Å². The van der Waals surface area contributed by atoms with E-state index in [2.05, 4.69) is 6.07 Å². The number of ether oxygens (including phenoxy) is 2. The Kier molecular flexibility index (Phi) is 4.65. The molecule has 3 aliphatic carbocycles. The standard InChI is InChI=1S/C23H28FNO4/c1-23-7-6-17-16-5-3-15(29-22(27)25-8-10-28-11-9-25)12-14(16)2-4-18(17)19(23)13-20(24)21(23)26/h3,5,12,17-20H,2,4,6-11,13H2,1H3. The maximum absolute atomic E-state index is 14.2. The van der Waals surface area contributed by atoms with Crippen LogP contribution in [0.5, 0.6) is 5.75 Å². The number of hydrogen-bond donors (Lipinski definition) is 0. The first-order valence-corrected chi connectivity index (χ1v) is 10.8. The molecule has 0 radical (unpaired) electrons. The summed E-state index contributed by atoms with van der Waals surface area (Å²) < 4.78 is 25.1. The minimum atomic E-state index is -1.29. The number of Topliss-reactive ketones (excluding diaryl/α,β-unsaturated/α-hetero) is 1. The molecule has 2 saturated carbocycles. The smallest absolute Gasteiger partial charge is 0.410 e. The van der Waals surface area contributed by atoms with E-state index in [0.717, 1.165) is 25.7 Å². The lowest BCUT2D eigenvalue weighted by Crippen LogP contribution is -2.43. The molecule has 5 unspecified atom stereocenters. The summed E-state index contributed by atoms with van der Waals surface area (Å²) in [5.74, 6) is 1.30. The average Bonchev–Trinajstić information content (AvgIpc) is 2.98. The molecule has 1 heterocycles. The van der Waals surface area contributed by atoms with Gasteiger partial charge in [-0.05, 0) is 73.1 Å².